The number of ether oxygens (including phenoxy) is 4. The molecule has 1 spiro atoms. The molecule has 5 aliphatic rings. The van der Waals surface area contributed by atoms with Crippen molar-refractivity contribution in [2.75, 3.05) is 26.9 Å². The van der Waals surface area contributed by atoms with Crippen molar-refractivity contribution in [1.29, 1.82) is 0 Å². The van der Waals surface area contributed by atoms with E-state index in [1.807, 2.05) is 0 Å². The second-order valence-corrected chi connectivity index (χ2v) is 9.82. The highest BCUT2D eigenvalue weighted by molar-refractivity contribution is 5.89. The van der Waals surface area contributed by atoms with Gasteiger partial charge in [-0.05, 0) is 31.4 Å². The molecule has 2 aliphatic carbocycles. The molecule has 2 saturated carbocycles. The van der Waals surface area contributed by atoms with Crippen LogP contribution in [0, 0.1) is 16.7 Å². The summed E-state index contributed by atoms with van der Waals surface area (Å²) in [4.78, 5) is 12.6. The first kappa shape index (κ1) is 22.2. The quantitative estimate of drug-likeness (QED) is 0.464. The van der Waals surface area contributed by atoms with Gasteiger partial charge in [-0.3, -0.25) is 0 Å². The van der Waals surface area contributed by atoms with Crippen molar-refractivity contribution in [3.8, 4) is 0 Å². The average molecular weight is 450 g/mol. The molecule has 8 atom stereocenters. The fourth-order valence-electron chi connectivity index (χ4n) is 6.97. The number of benzene rings is 1. The monoisotopic (exact) mass is 450 g/mol. The zero-order chi connectivity index (χ0) is 23.0. The van der Waals surface area contributed by atoms with Crippen molar-refractivity contribution in [3.63, 3.8) is 0 Å². The molecule has 3 saturated heterocycles. The summed E-state index contributed by atoms with van der Waals surface area (Å²) in [6.45, 7) is 0.766. The third-order valence-corrected chi connectivity index (χ3v) is 8.92. The minimum Gasteiger partial charge on any atom is -0.462 e. The SMILES string of the molecule is CO[C@]12OCC3(C)[C@](O)(CO)[C@@H](C[C@@]4([C@H](COC(=O)c5ccccc5)CC[C@]34O)[C@H]1O)O2. The van der Waals surface area contributed by atoms with Crippen LogP contribution in [0.2, 0.25) is 0 Å². The molecule has 0 radical (unpaired) electrons. The maximum absolute atomic E-state index is 12.6. The summed E-state index contributed by atoms with van der Waals surface area (Å²) in [7, 11) is 1.32. The number of aliphatic hydroxyl groups excluding tert-OH is 2. The Morgan fingerprint density at radius 1 is 1.25 bits per heavy atom. The van der Waals surface area contributed by atoms with Crippen LogP contribution in [0.1, 0.15) is 36.5 Å². The summed E-state index contributed by atoms with van der Waals surface area (Å²) >= 11 is 0. The van der Waals surface area contributed by atoms with E-state index in [4.69, 9.17) is 18.9 Å². The van der Waals surface area contributed by atoms with E-state index in [0.29, 0.717) is 12.0 Å². The van der Waals surface area contributed by atoms with E-state index in [1.54, 1.807) is 37.3 Å². The van der Waals surface area contributed by atoms with Gasteiger partial charge in [-0.1, -0.05) is 25.1 Å². The van der Waals surface area contributed by atoms with Gasteiger partial charge in [0.2, 0.25) is 0 Å². The Kier molecular flexibility index (Phi) is 4.83. The molecular formula is C23H30O9. The molecule has 0 amide bonds. The molecule has 1 aromatic carbocycles. The lowest BCUT2D eigenvalue weighted by molar-refractivity contribution is -0.466. The van der Waals surface area contributed by atoms with Gasteiger partial charge in [0.15, 0.2) is 0 Å². The maximum Gasteiger partial charge on any atom is 0.338 e. The molecule has 4 N–H and O–H groups in total. The Bertz CT molecular complexity index is 910. The first-order valence-corrected chi connectivity index (χ1v) is 11.0. The zero-order valence-electron chi connectivity index (χ0n) is 18.2. The highest BCUT2D eigenvalue weighted by Gasteiger charge is 2.86. The van der Waals surface area contributed by atoms with Gasteiger partial charge in [0.05, 0.1) is 42.5 Å². The number of carbonyl (C=O) groups is 1. The molecular weight excluding hydrogens is 420 g/mol. The van der Waals surface area contributed by atoms with E-state index < -0.39 is 58.7 Å². The van der Waals surface area contributed by atoms with Crippen molar-refractivity contribution in [3.05, 3.63) is 35.9 Å². The predicted octanol–water partition coefficient (Wildman–Crippen LogP) is 0.194. The number of rotatable bonds is 5. The number of hydrogen-bond acceptors (Lipinski definition) is 9. The Morgan fingerprint density at radius 2 is 1.97 bits per heavy atom. The fourth-order valence-corrected chi connectivity index (χ4v) is 6.97. The molecule has 6 rings (SSSR count). The van der Waals surface area contributed by atoms with Crippen molar-refractivity contribution in [2.45, 2.75) is 55.6 Å². The van der Waals surface area contributed by atoms with Crippen LogP contribution in [0.4, 0.5) is 0 Å². The number of fused-ring (bicyclic) bond motifs is 1. The summed E-state index contributed by atoms with van der Waals surface area (Å²) in [5, 5.41) is 45.5. The first-order valence-electron chi connectivity index (χ1n) is 11.0. The third kappa shape index (κ3) is 2.34. The highest BCUT2D eigenvalue weighted by Crippen LogP contribution is 2.73. The van der Waals surface area contributed by atoms with Crippen LogP contribution in [-0.2, 0) is 18.9 Å². The Morgan fingerprint density at radius 3 is 2.62 bits per heavy atom. The van der Waals surface area contributed by atoms with Crippen molar-refractivity contribution >= 4 is 5.97 Å². The van der Waals surface area contributed by atoms with Gasteiger partial charge in [-0.15, -0.1) is 0 Å². The minimum absolute atomic E-state index is 0.0345. The van der Waals surface area contributed by atoms with Gasteiger partial charge in [0, 0.05) is 18.4 Å². The minimum atomic E-state index is -1.92. The van der Waals surface area contributed by atoms with E-state index in [1.165, 1.54) is 7.11 Å². The van der Waals surface area contributed by atoms with Gasteiger partial charge in [0.1, 0.15) is 11.7 Å². The van der Waals surface area contributed by atoms with Gasteiger partial charge < -0.3 is 39.4 Å². The normalized spacial score (nSPS) is 49.0. The summed E-state index contributed by atoms with van der Waals surface area (Å²) in [6, 6.07) is 8.59. The lowest BCUT2D eigenvalue weighted by atomic mass is 9.44. The molecule has 3 heterocycles. The topological polar surface area (TPSA) is 135 Å². The van der Waals surface area contributed by atoms with E-state index >= 15 is 0 Å². The first-order chi connectivity index (χ1) is 15.1. The molecule has 3 aliphatic heterocycles. The van der Waals surface area contributed by atoms with Gasteiger partial charge in [0.25, 0.3) is 0 Å². The molecule has 0 aromatic heterocycles. The molecule has 4 bridgehead atoms. The molecule has 32 heavy (non-hydrogen) atoms. The molecule has 1 aromatic rings. The third-order valence-electron chi connectivity index (χ3n) is 8.92. The Hall–Kier alpha value is -1.59. The summed E-state index contributed by atoms with van der Waals surface area (Å²) in [6.07, 6.45) is -1.64. The van der Waals surface area contributed by atoms with E-state index in [0.717, 1.165) is 0 Å². The smallest absolute Gasteiger partial charge is 0.338 e. The van der Waals surface area contributed by atoms with Gasteiger partial charge in [-0.2, -0.15) is 0 Å². The average Bonchev–Trinajstić information content (AvgIpc) is 3.05. The second-order valence-electron chi connectivity index (χ2n) is 9.82. The second kappa shape index (κ2) is 6.96. The number of aliphatic hydroxyl groups is 4. The van der Waals surface area contributed by atoms with E-state index in [2.05, 4.69) is 0 Å². The van der Waals surface area contributed by atoms with Crippen LogP contribution in [0.15, 0.2) is 30.3 Å². The van der Waals surface area contributed by atoms with E-state index in [-0.39, 0.29) is 26.1 Å². The lowest BCUT2D eigenvalue weighted by Gasteiger charge is -2.67. The maximum atomic E-state index is 12.6. The number of hydrogen-bond donors (Lipinski definition) is 4. The summed E-state index contributed by atoms with van der Waals surface area (Å²) in [5.41, 5.74) is -5.64. The van der Waals surface area contributed by atoms with Crippen molar-refractivity contribution < 1.29 is 44.2 Å². The zero-order valence-corrected chi connectivity index (χ0v) is 18.2. The van der Waals surface area contributed by atoms with Crippen LogP contribution >= 0.6 is 0 Å². The van der Waals surface area contributed by atoms with Crippen LogP contribution in [-0.4, -0.2) is 82.7 Å². The standard InChI is InChI=1S/C23H30O9/c1-19-13-31-23(29-2)18(26)20(10-16(32-23)21(19,27)12-24)15(8-9-22(19,20)28)11-30-17(25)14-6-4-3-5-7-14/h3-7,15-16,18,24,26-28H,8-13H2,1-2H3/t15-,16+,18+,19?,20+,21-,22-,23-/m0/s1. The van der Waals surface area contributed by atoms with Gasteiger partial charge in [-0.25, -0.2) is 4.79 Å². The summed E-state index contributed by atoms with van der Waals surface area (Å²) < 4.78 is 22.9. The molecule has 5 fully saturated rings. The Labute approximate surface area is 185 Å². The highest BCUT2D eigenvalue weighted by atomic mass is 16.9. The lowest BCUT2D eigenvalue weighted by Crippen LogP contribution is -2.82. The number of carbonyl (C=O) groups excluding carboxylic acids is 1. The number of methoxy groups -OCH3 is 1. The molecule has 1 unspecified atom stereocenters. The largest absolute Gasteiger partial charge is 0.462 e. The van der Waals surface area contributed by atoms with Crippen molar-refractivity contribution in [2.24, 2.45) is 16.7 Å². The van der Waals surface area contributed by atoms with Crippen molar-refractivity contribution in [1.82, 2.24) is 0 Å². The van der Waals surface area contributed by atoms with Crippen LogP contribution in [0.3, 0.4) is 0 Å². The predicted molar refractivity (Wildman–Crippen MR) is 108 cm³/mol. The van der Waals surface area contributed by atoms with Crippen LogP contribution < -0.4 is 0 Å². The fraction of sp³-hybridized carbons (Fsp3) is 0.696. The van der Waals surface area contributed by atoms with E-state index in [9.17, 15) is 25.2 Å². The van der Waals surface area contributed by atoms with Crippen LogP contribution in [0.5, 0.6) is 0 Å². The Balaban J connectivity index is 1.56. The molecule has 9 heteroatoms. The molecule has 176 valence electrons. The number of esters is 1. The summed E-state index contributed by atoms with van der Waals surface area (Å²) in [5.74, 6) is -2.86. The van der Waals surface area contributed by atoms with Crippen LogP contribution in [0.25, 0.3) is 0 Å². The molecule has 9 nitrogen and oxygen atoms in total. The van der Waals surface area contributed by atoms with Gasteiger partial charge >= 0.3 is 11.9 Å².